The van der Waals surface area contributed by atoms with Gasteiger partial charge in [-0.2, -0.15) is 0 Å². The molecule has 0 spiro atoms. The van der Waals surface area contributed by atoms with Crippen LogP contribution in [-0.4, -0.2) is 18.4 Å². The van der Waals surface area contributed by atoms with Crippen molar-refractivity contribution in [3.63, 3.8) is 0 Å². The van der Waals surface area contributed by atoms with Crippen LogP contribution in [0.2, 0.25) is 0 Å². The minimum Gasteiger partial charge on any atom is -0.337 e. The molecule has 0 fully saturated rings. The maximum absolute atomic E-state index is 13.0. The summed E-state index contributed by atoms with van der Waals surface area (Å²) < 4.78 is 28.6. The Morgan fingerprint density at radius 3 is 2.00 bits per heavy atom. The fourth-order valence-electron chi connectivity index (χ4n) is 3.31. The zero-order chi connectivity index (χ0) is 22.2. The second-order valence-electron chi connectivity index (χ2n) is 7.77. The first-order chi connectivity index (χ1) is 14.7. The van der Waals surface area contributed by atoms with Crippen molar-refractivity contribution in [3.8, 4) is 0 Å². The Kier molecular flexibility index (Phi) is 5.37. The van der Waals surface area contributed by atoms with E-state index in [0.29, 0.717) is 16.9 Å². The highest BCUT2D eigenvalue weighted by molar-refractivity contribution is 7.92. The van der Waals surface area contributed by atoms with Gasteiger partial charge in [-0.3, -0.25) is 4.72 Å². The van der Waals surface area contributed by atoms with Gasteiger partial charge in [0.25, 0.3) is 10.0 Å². The van der Waals surface area contributed by atoms with Crippen LogP contribution in [-0.2, 0) is 10.0 Å². The molecule has 31 heavy (non-hydrogen) atoms. The number of aryl methyl sites for hydroxylation is 4. The van der Waals surface area contributed by atoms with E-state index in [2.05, 4.69) is 26.1 Å². The number of anilines is 3. The van der Waals surface area contributed by atoms with Gasteiger partial charge in [0, 0.05) is 5.69 Å². The molecule has 6 nitrogen and oxygen atoms in total. The van der Waals surface area contributed by atoms with Crippen LogP contribution in [0.4, 0.5) is 17.3 Å². The smallest absolute Gasteiger partial charge is 0.263 e. The number of fused-ring (bicyclic) bond motifs is 1. The Morgan fingerprint density at radius 1 is 0.677 bits per heavy atom. The molecule has 0 unspecified atom stereocenters. The Labute approximate surface area is 182 Å². The van der Waals surface area contributed by atoms with E-state index in [1.165, 1.54) is 0 Å². The predicted molar refractivity (Wildman–Crippen MR) is 125 cm³/mol. The molecule has 0 radical (unpaired) electrons. The summed E-state index contributed by atoms with van der Waals surface area (Å²) in [6.07, 6.45) is 0. The number of rotatable bonds is 5. The van der Waals surface area contributed by atoms with Crippen LogP contribution in [0, 0.1) is 27.7 Å². The first kappa shape index (κ1) is 20.8. The summed E-state index contributed by atoms with van der Waals surface area (Å²) in [6, 6.07) is 18.4. The fourth-order valence-corrected chi connectivity index (χ4v) is 4.32. The van der Waals surface area contributed by atoms with Crippen molar-refractivity contribution in [2.24, 2.45) is 0 Å². The van der Waals surface area contributed by atoms with Gasteiger partial charge in [0.1, 0.15) is 0 Å². The van der Waals surface area contributed by atoms with Gasteiger partial charge in [0.05, 0.1) is 15.9 Å². The SMILES string of the molecule is Cc1ccc(S(=O)(=O)Nc2nc3ccc(C)cc3nc2Nc2ccc(C)cc2C)cc1. The van der Waals surface area contributed by atoms with Crippen LogP contribution in [0.15, 0.2) is 65.6 Å². The molecule has 0 bridgehead atoms. The topological polar surface area (TPSA) is 84.0 Å². The second-order valence-corrected chi connectivity index (χ2v) is 9.46. The standard InChI is InChI=1S/C24H24N4O2S/c1-15-5-9-19(10-6-15)31(29,30)28-24-23(25-20-11-7-16(2)13-18(20)4)27-22-14-17(3)8-12-21(22)26-24/h5-14H,1-4H3,(H,25,27)(H,26,28). The molecule has 4 aromatic rings. The van der Waals surface area contributed by atoms with Gasteiger partial charge >= 0.3 is 0 Å². The van der Waals surface area contributed by atoms with Crippen molar-refractivity contribution in [1.29, 1.82) is 0 Å². The third-order valence-electron chi connectivity index (χ3n) is 5.02. The minimum atomic E-state index is -3.83. The number of sulfonamides is 1. The number of benzene rings is 3. The van der Waals surface area contributed by atoms with Crippen molar-refractivity contribution in [2.75, 3.05) is 10.0 Å². The molecule has 1 heterocycles. The van der Waals surface area contributed by atoms with Crippen molar-refractivity contribution >= 4 is 38.4 Å². The average molecular weight is 433 g/mol. The van der Waals surface area contributed by atoms with E-state index in [0.717, 1.165) is 27.9 Å². The minimum absolute atomic E-state index is 0.150. The van der Waals surface area contributed by atoms with Crippen molar-refractivity contribution in [2.45, 2.75) is 32.6 Å². The lowest BCUT2D eigenvalue weighted by Gasteiger charge is -2.15. The molecule has 0 aliphatic carbocycles. The molecule has 0 aliphatic rings. The van der Waals surface area contributed by atoms with Gasteiger partial charge in [0.2, 0.25) is 0 Å². The molecular weight excluding hydrogens is 408 g/mol. The van der Waals surface area contributed by atoms with Crippen molar-refractivity contribution < 1.29 is 8.42 Å². The molecule has 7 heteroatoms. The summed E-state index contributed by atoms with van der Waals surface area (Å²) in [5, 5.41) is 3.26. The van der Waals surface area contributed by atoms with E-state index in [1.807, 2.05) is 58.0 Å². The van der Waals surface area contributed by atoms with Gasteiger partial charge in [0.15, 0.2) is 11.6 Å². The highest BCUT2D eigenvalue weighted by Crippen LogP contribution is 2.29. The predicted octanol–water partition coefficient (Wildman–Crippen LogP) is 5.41. The number of nitrogens with one attached hydrogen (secondary N) is 2. The third-order valence-corrected chi connectivity index (χ3v) is 6.37. The van der Waals surface area contributed by atoms with E-state index in [9.17, 15) is 8.42 Å². The number of hydrogen-bond acceptors (Lipinski definition) is 5. The van der Waals surface area contributed by atoms with Gasteiger partial charge in [-0.15, -0.1) is 0 Å². The first-order valence-electron chi connectivity index (χ1n) is 9.93. The molecule has 1 aromatic heterocycles. The largest absolute Gasteiger partial charge is 0.337 e. The van der Waals surface area contributed by atoms with E-state index in [-0.39, 0.29) is 10.7 Å². The van der Waals surface area contributed by atoms with Crippen molar-refractivity contribution in [3.05, 3.63) is 82.9 Å². The zero-order valence-electron chi connectivity index (χ0n) is 17.9. The number of hydrogen-bond donors (Lipinski definition) is 2. The molecule has 0 atom stereocenters. The Morgan fingerprint density at radius 2 is 1.29 bits per heavy atom. The summed E-state index contributed by atoms with van der Waals surface area (Å²) >= 11 is 0. The Bertz CT molecular complexity index is 1380. The highest BCUT2D eigenvalue weighted by Gasteiger charge is 2.19. The molecule has 0 amide bonds. The number of aromatic nitrogens is 2. The molecule has 0 saturated heterocycles. The van der Waals surface area contributed by atoms with Crippen LogP contribution in [0.25, 0.3) is 11.0 Å². The summed E-state index contributed by atoms with van der Waals surface area (Å²) in [4.78, 5) is 9.43. The lowest BCUT2D eigenvalue weighted by Crippen LogP contribution is -2.16. The van der Waals surface area contributed by atoms with Crippen LogP contribution in [0.5, 0.6) is 0 Å². The highest BCUT2D eigenvalue weighted by atomic mass is 32.2. The van der Waals surface area contributed by atoms with E-state index in [4.69, 9.17) is 0 Å². The van der Waals surface area contributed by atoms with Gasteiger partial charge in [-0.1, -0.05) is 41.5 Å². The quantitative estimate of drug-likeness (QED) is 0.441. The summed E-state index contributed by atoms with van der Waals surface area (Å²) in [5.41, 5.74) is 6.33. The van der Waals surface area contributed by atoms with E-state index >= 15 is 0 Å². The molecular formula is C24H24N4O2S. The Balaban J connectivity index is 1.81. The normalized spacial score (nSPS) is 11.5. The lowest BCUT2D eigenvalue weighted by molar-refractivity contribution is 0.601. The maximum atomic E-state index is 13.0. The maximum Gasteiger partial charge on any atom is 0.263 e. The van der Waals surface area contributed by atoms with Gasteiger partial charge in [-0.25, -0.2) is 18.4 Å². The molecule has 2 N–H and O–H groups in total. The molecule has 158 valence electrons. The fraction of sp³-hybridized carbons (Fsp3) is 0.167. The van der Waals surface area contributed by atoms with Crippen molar-refractivity contribution in [1.82, 2.24) is 9.97 Å². The third kappa shape index (κ3) is 4.51. The lowest BCUT2D eigenvalue weighted by atomic mass is 10.1. The summed E-state index contributed by atoms with van der Waals surface area (Å²) in [7, 11) is -3.83. The first-order valence-corrected chi connectivity index (χ1v) is 11.4. The Hall–Kier alpha value is -3.45. The zero-order valence-corrected chi connectivity index (χ0v) is 18.7. The van der Waals surface area contributed by atoms with E-state index < -0.39 is 10.0 Å². The molecule has 4 rings (SSSR count). The van der Waals surface area contributed by atoms with Crippen LogP contribution >= 0.6 is 0 Å². The molecule has 3 aromatic carbocycles. The average Bonchev–Trinajstić information content (AvgIpc) is 2.70. The molecule has 0 saturated carbocycles. The van der Waals surface area contributed by atoms with Gasteiger partial charge < -0.3 is 5.32 Å². The van der Waals surface area contributed by atoms with Crippen LogP contribution in [0.1, 0.15) is 22.3 Å². The van der Waals surface area contributed by atoms with Crippen LogP contribution < -0.4 is 10.0 Å². The monoisotopic (exact) mass is 432 g/mol. The summed E-state index contributed by atoms with van der Waals surface area (Å²) in [5.74, 6) is 0.498. The van der Waals surface area contributed by atoms with E-state index in [1.54, 1.807) is 24.3 Å². The number of nitrogens with zero attached hydrogens (tertiary/aromatic N) is 2. The van der Waals surface area contributed by atoms with Gasteiger partial charge in [-0.05, 0) is 69.2 Å². The summed E-state index contributed by atoms with van der Waals surface area (Å²) in [6.45, 7) is 7.90. The second kappa shape index (κ2) is 8.00. The van der Waals surface area contributed by atoms with Crippen LogP contribution in [0.3, 0.4) is 0 Å². The molecule has 0 aliphatic heterocycles.